The van der Waals surface area contributed by atoms with Crippen molar-refractivity contribution in [1.82, 2.24) is 15.0 Å². The van der Waals surface area contributed by atoms with Crippen molar-refractivity contribution in [3.8, 4) is 10.7 Å². The minimum atomic E-state index is 0.535. The summed E-state index contributed by atoms with van der Waals surface area (Å²) >= 11 is 8.99. The minimum absolute atomic E-state index is 0.535. The first kappa shape index (κ1) is 11.1. The Bertz CT molecular complexity index is 633. The Morgan fingerprint density at radius 1 is 1.18 bits per heavy atom. The highest BCUT2D eigenvalue weighted by Crippen LogP contribution is 2.31. The molecule has 0 amide bonds. The molecule has 17 heavy (non-hydrogen) atoms. The topological polar surface area (TPSA) is 38.7 Å². The van der Waals surface area contributed by atoms with E-state index in [0.717, 1.165) is 26.7 Å². The highest BCUT2D eigenvalue weighted by Gasteiger charge is 2.12. The lowest BCUT2D eigenvalue weighted by Gasteiger charge is -2.02. The van der Waals surface area contributed by atoms with Crippen LogP contribution in [0.15, 0.2) is 23.0 Å². The van der Waals surface area contributed by atoms with Crippen LogP contribution in [0.3, 0.4) is 0 Å². The van der Waals surface area contributed by atoms with E-state index in [-0.39, 0.29) is 0 Å². The molecule has 3 aromatic rings. The molecule has 3 heterocycles. The zero-order chi connectivity index (χ0) is 11.7. The first-order valence-corrected chi connectivity index (χ1v) is 7.38. The molecule has 0 aliphatic rings. The number of thiophene rings is 1. The lowest BCUT2D eigenvalue weighted by molar-refractivity contribution is 0.970. The molecule has 0 unspecified atom stereocenters. The van der Waals surface area contributed by atoms with Gasteiger partial charge in [0, 0.05) is 23.9 Å². The molecular formula is C11H8ClN3S2. The second-order valence-electron chi connectivity index (χ2n) is 3.40. The maximum absolute atomic E-state index is 5.75. The lowest BCUT2D eigenvalue weighted by atomic mass is 10.3. The van der Waals surface area contributed by atoms with Crippen LogP contribution in [0.4, 0.5) is 0 Å². The summed E-state index contributed by atoms with van der Waals surface area (Å²) in [6.07, 6.45) is 2.48. The van der Waals surface area contributed by atoms with E-state index < -0.39 is 0 Å². The number of rotatable bonds is 3. The molecule has 6 heteroatoms. The minimum Gasteiger partial charge on any atom is -0.243 e. The number of halogens is 1. The molecule has 0 saturated carbocycles. The molecule has 86 valence electrons. The van der Waals surface area contributed by atoms with E-state index in [9.17, 15) is 0 Å². The third-order valence-electron chi connectivity index (χ3n) is 2.30. The fourth-order valence-electron chi connectivity index (χ4n) is 1.59. The summed E-state index contributed by atoms with van der Waals surface area (Å²) < 4.78 is 1.10. The van der Waals surface area contributed by atoms with Gasteiger partial charge in [-0.25, -0.2) is 15.0 Å². The van der Waals surface area contributed by atoms with Gasteiger partial charge in [-0.2, -0.15) is 0 Å². The first-order chi connectivity index (χ1) is 8.38. The van der Waals surface area contributed by atoms with Gasteiger partial charge in [-0.05, 0) is 11.4 Å². The Hall–Kier alpha value is -1.04. The highest BCUT2D eigenvalue weighted by atomic mass is 35.5. The van der Waals surface area contributed by atoms with Crippen LogP contribution in [0.2, 0.25) is 0 Å². The van der Waals surface area contributed by atoms with Crippen molar-refractivity contribution in [1.29, 1.82) is 0 Å². The largest absolute Gasteiger partial charge is 0.243 e. The number of hydrogen-bond donors (Lipinski definition) is 0. The molecule has 0 atom stereocenters. The molecule has 3 rings (SSSR count). The van der Waals surface area contributed by atoms with Gasteiger partial charge >= 0.3 is 0 Å². The molecule has 0 aromatic carbocycles. The van der Waals surface area contributed by atoms with Gasteiger partial charge in [0.15, 0.2) is 0 Å². The predicted octanol–water partition coefficient (Wildman–Crippen LogP) is 3.60. The molecular weight excluding hydrogens is 274 g/mol. The smallest absolute Gasteiger partial charge is 0.143 e. The van der Waals surface area contributed by atoms with Crippen molar-refractivity contribution in [2.24, 2.45) is 0 Å². The van der Waals surface area contributed by atoms with Crippen LogP contribution in [0.25, 0.3) is 20.9 Å². The molecule has 0 radical (unpaired) electrons. The van der Waals surface area contributed by atoms with Gasteiger partial charge < -0.3 is 0 Å². The van der Waals surface area contributed by atoms with E-state index >= 15 is 0 Å². The summed E-state index contributed by atoms with van der Waals surface area (Å²) in [7, 11) is 0. The van der Waals surface area contributed by atoms with Crippen molar-refractivity contribution < 1.29 is 0 Å². The van der Waals surface area contributed by atoms with E-state index in [1.807, 2.05) is 16.8 Å². The zero-order valence-corrected chi connectivity index (χ0v) is 11.1. The summed E-state index contributed by atoms with van der Waals surface area (Å²) in [6, 6.07) is 2.01. The Kier molecular flexibility index (Phi) is 3.05. The van der Waals surface area contributed by atoms with Gasteiger partial charge in [-0.1, -0.05) is 0 Å². The maximum Gasteiger partial charge on any atom is 0.143 e. The average Bonchev–Trinajstić information content (AvgIpc) is 2.99. The fraction of sp³-hybridized carbons (Fsp3) is 0.182. The molecule has 0 fully saturated rings. The quantitative estimate of drug-likeness (QED) is 0.689. The van der Waals surface area contributed by atoms with Crippen LogP contribution in [0, 0.1) is 0 Å². The Labute approximate surface area is 111 Å². The summed E-state index contributed by atoms with van der Waals surface area (Å²) in [5.74, 6) is 1.32. The van der Waals surface area contributed by atoms with Crippen molar-refractivity contribution in [3.63, 3.8) is 0 Å². The number of aromatic nitrogens is 3. The molecule has 0 N–H and O–H groups in total. The number of hydrogen-bond acceptors (Lipinski definition) is 5. The number of nitrogens with zero attached hydrogens (tertiary/aromatic N) is 3. The third-order valence-corrected chi connectivity index (χ3v) is 4.18. The lowest BCUT2D eigenvalue weighted by Crippen LogP contribution is -1.98. The molecule has 3 nitrogen and oxygen atoms in total. The fourth-order valence-corrected chi connectivity index (χ4v) is 3.28. The van der Waals surface area contributed by atoms with Gasteiger partial charge in [0.2, 0.25) is 0 Å². The first-order valence-electron chi connectivity index (χ1n) is 5.08. The summed E-state index contributed by atoms with van der Waals surface area (Å²) in [4.78, 5) is 13.4. The van der Waals surface area contributed by atoms with Gasteiger partial charge in [-0.15, -0.1) is 34.3 Å². The Morgan fingerprint density at radius 3 is 2.88 bits per heavy atom. The van der Waals surface area contributed by atoms with E-state index in [2.05, 4.69) is 15.0 Å². The van der Waals surface area contributed by atoms with Crippen molar-refractivity contribution >= 4 is 44.5 Å². The monoisotopic (exact) mass is 281 g/mol. The molecule has 3 aromatic heterocycles. The average molecular weight is 282 g/mol. The highest BCUT2D eigenvalue weighted by molar-refractivity contribution is 7.18. The SMILES string of the molecule is ClCCc1nc(-c2nccs2)c2sccc2n1. The van der Waals surface area contributed by atoms with Crippen LogP contribution >= 0.6 is 34.3 Å². The van der Waals surface area contributed by atoms with Crippen LogP contribution in [0.1, 0.15) is 5.82 Å². The van der Waals surface area contributed by atoms with E-state index in [4.69, 9.17) is 11.6 Å². The Morgan fingerprint density at radius 2 is 2.12 bits per heavy atom. The molecule has 0 aliphatic heterocycles. The van der Waals surface area contributed by atoms with Gasteiger partial charge in [0.05, 0.1) is 10.2 Å². The normalized spacial score (nSPS) is 11.1. The third kappa shape index (κ3) is 2.06. The predicted molar refractivity (Wildman–Crippen MR) is 72.9 cm³/mol. The zero-order valence-electron chi connectivity index (χ0n) is 8.76. The molecule has 0 saturated heterocycles. The van der Waals surface area contributed by atoms with Gasteiger partial charge in [0.1, 0.15) is 16.5 Å². The summed E-state index contributed by atoms with van der Waals surface area (Å²) in [5, 5.41) is 4.93. The Balaban J connectivity index is 2.23. The van der Waals surface area contributed by atoms with Crippen LogP contribution in [0.5, 0.6) is 0 Å². The van der Waals surface area contributed by atoms with E-state index in [1.165, 1.54) is 0 Å². The van der Waals surface area contributed by atoms with Crippen LogP contribution in [-0.2, 0) is 6.42 Å². The molecule has 0 aliphatic carbocycles. The van der Waals surface area contributed by atoms with Crippen molar-refractivity contribution in [3.05, 3.63) is 28.8 Å². The number of thiazole rings is 1. The van der Waals surface area contributed by atoms with Crippen molar-refractivity contribution in [2.75, 3.05) is 5.88 Å². The van der Waals surface area contributed by atoms with Gasteiger partial charge in [0.25, 0.3) is 0 Å². The standard InChI is InChI=1S/C11H8ClN3S2/c12-3-1-8-14-7-2-5-16-10(7)9(15-8)11-13-4-6-17-11/h2,4-6H,1,3H2. The summed E-state index contributed by atoms with van der Waals surface area (Å²) in [5.41, 5.74) is 1.91. The molecule has 0 bridgehead atoms. The van der Waals surface area contributed by atoms with Gasteiger partial charge in [-0.3, -0.25) is 0 Å². The number of aryl methyl sites for hydroxylation is 1. The van der Waals surface area contributed by atoms with Crippen LogP contribution in [-0.4, -0.2) is 20.8 Å². The maximum atomic E-state index is 5.75. The number of fused-ring (bicyclic) bond motifs is 1. The summed E-state index contributed by atoms with van der Waals surface area (Å²) in [6.45, 7) is 0. The second kappa shape index (κ2) is 4.68. The van der Waals surface area contributed by atoms with E-state index in [1.54, 1.807) is 28.9 Å². The molecule has 0 spiro atoms. The van der Waals surface area contributed by atoms with Crippen LogP contribution < -0.4 is 0 Å². The van der Waals surface area contributed by atoms with Crippen molar-refractivity contribution in [2.45, 2.75) is 6.42 Å². The van der Waals surface area contributed by atoms with E-state index in [0.29, 0.717) is 12.3 Å². The number of alkyl halides is 1. The second-order valence-corrected chi connectivity index (χ2v) is 5.59.